The first kappa shape index (κ1) is 32.7. The number of nitrogens with zero attached hydrogens (tertiary/aromatic N) is 4. The van der Waals surface area contributed by atoms with E-state index in [9.17, 15) is 4.79 Å². The molecule has 1 atom stereocenters. The summed E-state index contributed by atoms with van der Waals surface area (Å²) in [6, 6.07) is 14.3. The number of benzene rings is 2. The van der Waals surface area contributed by atoms with Crippen LogP contribution in [0.2, 0.25) is 0 Å². The van der Waals surface area contributed by atoms with Gasteiger partial charge in [0.15, 0.2) is 0 Å². The highest BCUT2D eigenvalue weighted by atomic mass is 32.2. The van der Waals surface area contributed by atoms with Crippen molar-refractivity contribution in [1.29, 1.82) is 0 Å². The molecule has 0 saturated carbocycles. The first-order valence-corrected chi connectivity index (χ1v) is 15.0. The molecule has 0 aliphatic carbocycles. The van der Waals surface area contributed by atoms with Crippen LogP contribution in [0, 0.1) is 13.8 Å². The number of aromatic nitrogens is 2. The van der Waals surface area contributed by atoms with Crippen LogP contribution in [0.25, 0.3) is 11.3 Å². The lowest BCUT2D eigenvalue weighted by Crippen LogP contribution is -2.50. The van der Waals surface area contributed by atoms with Crippen molar-refractivity contribution in [1.82, 2.24) is 14.9 Å². The van der Waals surface area contributed by atoms with Crippen molar-refractivity contribution in [3.63, 3.8) is 0 Å². The van der Waals surface area contributed by atoms with Crippen LogP contribution >= 0.6 is 11.9 Å². The van der Waals surface area contributed by atoms with Crippen LogP contribution in [0.5, 0.6) is 11.6 Å². The minimum absolute atomic E-state index is 0.103. The number of likely N-dealkylation sites (tertiary alicyclic amines) is 1. The maximum absolute atomic E-state index is 15.2. The van der Waals surface area contributed by atoms with Gasteiger partial charge in [0.25, 0.3) is 5.92 Å². The molecule has 1 saturated heterocycles. The number of amides is 1. The second-order valence-electron chi connectivity index (χ2n) is 11.5. The maximum atomic E-state index is 15.2. The number of piperidine rings is 1. The normalized spacial score (nSPS) is 17.0. The average molecular weight is 625 g/mol. The van der Waals surface area contributed by atoms with Crippen molar-refractivity contribution >= 4 is 30.2 Å². The summed E-state index contributed by atoms with van der Waals surface area (Å²) in [5.41, 5.74) is 9.08. The number of allylic oxidation sites excluding steroid dienone is 1. The van der Waals surface area contributed by atoms with Crippen molar-refractivity contribution in [2.45, 2.75) is 58.5 Å². The smallest absolute Gasteiger partial charge is 0.410 e. The molecule has 234 valence electrons. The molecular weight excluding hydrogens is 586 g/mol. The summed E-state index contributed by atoms with van der Waals surface area (Å²) in [5.74, 6) is -3.18. The van der Waals surface area contributed by atoms with Crippen LogP contribution in [0.3, 0.4) is 0 Å². The number of hydrogen-bond acceptors (Lipinski definition) is 9. The van der Waals surface area contributed by atoms with Gasteiger partial charge in [-0.3, -0.25) is 9.71 Å². The number of halogens is 2. The molecule has 3 aromatic rings. The molecule has 9 nitrogen and oxygen atoms in total. The predicted octanol–water partition coefficient (Wildman–Crippen LogP) is 7.47. The lowest BCUT2D eigenvalue weighted by Gasteiger charge is -2.39. The van der Waals surface area contributed by atoms with Gasteiger partial charge < -0.3 is 20.1 Å². The lowest BCUT2D eigenvalue weighted by atomic mass is 9.86. The van der Waals surface area contributed by atoms with Crippen LogP contribution in [0.4, 0.5) is 19.5 Å². The Balaban J connectivity index is 1.55. The summed E-state index contributed by atoms with van der Waals surface area (Å²) in [4.78, 5) is 27.3. The molecule has 1 unspecified atom stereocenters. The number of aryl methyl sites for hydroxylation is 2. The minimum atomic E-state index is -3.12. The number of nitrogens with two attached hydrogens (primary N) is 1. The third kappa shape index (κ3) is 8.25. The number of nitrogens with one attached hydrogen (secondary N) is 1. The van der Waals surface area contributed by atoms with Gasteiger partial charge in [-0.05, 0) is 81.8 Å². The Morgan fingerprint density at radius 2 is 1.84 bits per heavy atom. The van der Waals surface area contributed by atoms with Crippen LogP contribution < -0.4 is 15.2 Å². The number of aliphatic imine (C=N–C) groups is 1. The molecule has 1 aromatic heterocycles. The molecule has 0 spiro atoms. The van der Waals surface area contributed by atoms with Gasteiger partial charge in [0.2, 0.25) is 11.8 Å². The van der Waals surface area contributed by atoms with E-state index in [1.807, 2.05) is 32.0 Å². The Hall–Kier alpha value is -4.19. The molecule has 2 aromatic carbocycles. The van der Waals surface area contributed by atoms with Crippen LogP contribution in [0.15, 0.2) is 64.6 Å². The molecule has 1 amide bonds. The third-order valence-electron chi connectivity index (χ3n) is 6.88. The maximum Gasteiger partial charge on any atom is 0.410 e. The van der Waals surface area contributed by atoms with Gasteiger partial charge in [-0.25, -0.2) is 18.6 Å². The van der Waals surface area contributed by atoms with Crippen LogP contribution in [-0.4, -0.2) is 58.8 Å². The fourth-order valence-electron chi connectivity index (χ4n) is 4.93. The second-order valence-corrected chi connectivity index (χ2v) is 12.4. The van der Waals surface area contributed by atoms with Crippen molar-refractivity contribution in [2.24, 2.45) is 10.7 Å². The zero-order chi connectivity index (χ0) is 32.1. The SMILES string of the molecule is CN=CC(=CN)SNc1nc(Oc2ccc(C3CCN(C(=O)OC(C)(C)C)CC3(F)F)cc2)cc(-c2c(C)cccc2C)n1. The summed E-state index contributed by atoms with van der Waals surface area (Å²) in [6.45, 7) is 8.61. The van der Waals surface area contributed by atoms with Gasteiger partial charge in [-0.2, -0.15) is 4.98 Å². The Bertz CT molecular complexity index is 1520. The monoisotopic (exact) mass is 624 g/mol. The van der Waals surface area contributed by atoms with Gasteiger partial charge in [0.05, 0.1) is 23.1 Å². The molecule has 1 aliphatic heterocycles. The fourth-order valence-corrected chi connectivity index (χ4v) is 5.45. The predicted molar refractivity (Wildman–Crippen MR) is 171 cm³/mol. The largest absolute Gasteiger partial charge is 0.444 e. The number of anilines is 1. The summed E-state index contributed by atoms with van der Waals surface area (Å²) in [6.07, 6.45) is 2.40. The standard InChI is InChI=1S/C32H38F2N6O3S/c1-20-8-7-9-21(2)28(20)26-16-27(38-29(37-26)39-44-24(17-35)18-36-6)42-23-12-10-22(11-13-23)25-14-15-40(19-32(25,33)34)30(41)43-31(3,4)5/h7-13,16-18,25H,14-15,19,35H2,1-6H3,(H,37,38,39). The van der Waals surface area contributed by atoms with Crippen molar-refractivity contribution in [2.75, 3.05) is 24.9 Å². The minimum Gasteiger partial charge on any atom is -0.444 e. The first-order chi connectivity index (χ1) is 20.8. The first-order valence-electron chi connectivity index (χ1n) is 14.2. The number of carbonyl (C=O) groups excluding carboxylic acids is 1. The molecule has 0 radical (unpaired) electrons. The van der Waals surface area contributed by atoms with Crippen molar-refractivity contribution < 1.29 is 23.0 Å². The van der Waals surface area contributed by atoms with Crippen molar-refractivity contribution in [3.05, 3.63) is 76.3 Å². The molecule has 0 bridgehead atoms. The Labute approximate surface area is 261 Å². The quantitative estimate of drug-likeness (QED) is 0.196. The van der Waals surface area contributed by atoms with Crippen LogP contribution in [0.1, 0.15) is 49.8 Å². The highest BCUT2D eigenvalue weighted by Gasteiger charge is 2.47. The molecule has 2 heterocycles. The fraction of sp³-hybridized carbons (Fsp3) is 0.375. The highest BCUT2D eigenvalue weighted by molar-refractivity contribution is 8.05. The van der Waals surface area contributed by atoms with Gasteiger partial charge in [0, 0.05) is 37.6 Å². The molecule has 12 heteroatoms. The Kier molecular flexibility index (Phi) is 10.1. The Morgan fingerprint density at radius 1 is 1.16 bits per heavy atom. The van der Waals surface area contributed by atoms with Crippen molar-refractivity contribution in [3.8, 4) is 22.9 Å². The molecule has 1 fully saturated rings. The topological polar surface area (TPSA) is 115 Å². The molecule has 3 N–H and O–H groups in total. The van der Waals surface area contributed by atoms with E-state index >= 15 is 8.78 Å². The van der Waals surface area contributed by atoms with Gasteiger partial charge in [-0.1, -0.05) is 30.3 Å². The number of ether oxygens (including phenoxy) is 2. The second kappa shape index (κ2) is 13.6. The number of hydrogen-bond donors (Lipinski definition) is 2. The summed E-state index contributed by atoms with van der Waals surface area (Å²) >= 11 is 1.20. The van der Waals surface area contributed by atoms with E-state index in [0.29, 0.717) is 27.9 Å². The average Bonchev–Trinajstić information content (AvgIpc) is 2.94. The van der Waals surface area contributed by atoms with E-state index in [1.165, 1.54) is 18.1 Å². The van der Waals surface area contributed by atoms with E-state index in [0.717, 1.165) is 21.6 Å². The van der Waals surface area contributed by atoms with Gasteiger partial charge >= 0.3 is 6.09 Å². The summed E-state index contributed by atoms with van der Waals surface area (Å²) in [5, 5.41) is 0. The van der Waals surface area contributed by atoms with E-state index in [2.05, 4.69) is 14.7 Å². The lowest BCUT2D eigenvalue weighted by molar-refractivity contribution is -0.0848. The molecular formula is C32H38F2N6O3S. The zero-order valence-electron chi connectivity index (χ0n) is 25.7. The number of alkyl halides is 2. The molecule has 44 heavy (non-hydrogen) atoms. The third-order valence-corrected chi connectivity index (χ3v) is 7.64. The molecule has 1 aliphatic rings. The van der Waals surface area contributed by atoms with Crippen LogP contribution in [-0.2, 0) is 4.74 Å². The van der Waals surface area contributed by atoms with E-state index < -0.39 is 30.1 Å². The summed E-state index contributed by atoms with van der Waals surface area (Å²) in [7, 11) is 1.65. The summed E-state index contributed by atoms with van der Waals surface area (Å²) < 4.78 is 45.0. The Morgan fingerprint density at radius 3 is 2.43 bits per heavy atom. The zero-order valence-corrected chi connectivity index (χ0v) is 26.5. The van der Waals surface area contributed by atoms with Gasteiger partial charge in [-0.15, -0.1) is 0 Å². The number of carbonyl (C=O) groups is 1. The van der Waals surface area contributed by atoms with E-state index in [4.69, 9.17) is 20.2 Å². The number of rotatable bonds is 8. The van der Waals surface area contributed by atoms with E-state index in [-0.39, 0.29) is 18.8 Å². The van der Waals surface area contributed by atoms with E-state index in [1.54, 1.807) is 64.4 Å². The van der Waals surface area contributed by atoms with Gasteiger partial charge in [0.1, 0.15) is 11.4 Å². The molecule has 4 rings (SSSR count). The highest BCUT2D eigenvalue weighted by Crippen LogP contribution is 2.41.